The number of hydrogen-bond donors (Lipinski definition) is 0. The molecule has 0 atom stereocenters. The second kappa shape index (κ2) is 9.33. The molecular weight excluding hydrogens is 447 g/mol. The first-order valence-electron chi connectivity index (χ1n) is 9.03. The summed E-state index contributed by atoms with van der Waals surface area (Å²) < 4.78 is 52.2. The third kappa shape index (κ3) is 6.17. The third-order valence-corrected chi connectivity index (χ3v) is 6.57. The van der Waals surface area contributed by atoms with Crippen LogP contribution in [0.15, 0.2) is 35.2 Å². The highest BCUT2D eigenvalue weighted by Crippen LogP contribution is 2.34. The lowest BCUT2D eigenvalue weighted by Crippen LogP contribution is -2.46. The lowest BCUT2D eigenvalue weighted by Gasteiger charge is -2.36. The minimum atomic E-state index is -4.26. The summed E-state index contributed by atoms with van der Waals surface area (Å²) in [6.45, 7) is 4.82. The van der Waals surface area contributed by atoms with E-state index in [1.54, 1.807) is 19.1 Å². The van der Waals surface area contributed by atoms with Crippen LogP contribution in [0.3, 0.4) is 0 Å². The molecule has 0 saturated carbocycles. The Hall–Kier alpha value is -1.15. The normalized spacial score (nSPS) is 15.8. The summed E-state index contributed by atoms with van der Waals surface area (Å²) in [6, 6.07) is 8.24. The molecule has 3 rings (SSSR count). The Labute approximate surface area is 181 Å². The van der Waals surface area contributed by atoms with Gasteiger partial charge in [0.05, 0.1) is 11.4 Å². The molecule has 0 unspecified atom stereocenters. The molecule has 1 aliphatic heterocycles. The molecule has 0 radical (unpaired) electrons. The smallest absolute Gasteiger partial charge is 0.367 e. The summed E-state index contributed by atoms with van der Waals surface area (Å²) in [7, 11) is 0. The van der Waals surface area contributed by atoms with E-state index in [-0.39, 0.29) is 0 Å². The number of anilines is 1. The molecule has 0 amide bonds. The lowest BCUT2D eigenvalue weighted by molar-refractivity contribution is -0.105. The Balaban J connectivity index is 1.65. The van der Waals surface area contributed by atoms with Crippen LogP contribution in [0.5, 0.6) is 0 Å². The molecule has 1 heterocycles. The van der Waals surface area contributed by atoms with Crippen molar-refractivity contribution in [2.75, 3.05) is 36.8 Å². The van der Waals surface area contributed by atoms with E-state index in [4.69, 9.17) is 23.2 Å². The fraction of sp³-hybridized carbons (Fsp3) is 0.400. The number of alkyl halides is 3. The van der Waals surface area contributed by atoms with Crippen molar-refractivity contribution >= 4 is 40.7 Å². The molecule has 1 fully saturated rings. The SMILES string of the molecule is Cc1cc(F)c(N2CCN(Cc3ccc(Cl)cc3Cl)CC2)cc1SCC(F)(F)F. The minimum Gasteiger partial charge on any atom is -0.367 e. The van der Waals surface area contributed by atoms with Gasteiger partial charge in [0.25, 0.3) is 0 Å². The third-order valence-electron chi connectivity index (χ3n) is 4.76. The van der Waals surface area contributed by atoms with Gasteiger partial charge in [-0.1, -0.05) is 29.3 Å². The summed E-state index contributed by atoms with van der Waals surface area (Å²) >= 11 is 12.9. The summed E-state index contributed by atoms with van der Waals surface area (Å²) in [4.78, 5) is 4.54. The van der Waals surface area contributed by atoms with Crippen molar-refractivity contribution in [2.45, 2.75) is 24.5 Å². The first kappa shape index (κ1) is 22.5. The van der Waals surface area contributed by atoms with Crippen molar-refractivity contribution < 1.29 is 17.6 Å². The van der Waals surface area contributed by atoms with E-state index < -0.39 is 17.7 Å². The Kier molecular flexibility index (Phi) is 7.25. The molecule has 2 aromatic carbocycles. The van der Waals surface area contributed by atoms with Crippen LogP contribution in [-0.2, 0) is 6.54 Å². The van der Waals surface area contributed by atoms with Crippen LogP contribution in [0, 0.1) is 12.7 Å². The maximum atomic E-state index is 14.5. The number of piperazine rings is 1. The van der Waals surface area contributed by atoms with Crippen LogP contribution in [0.2, 0.25) is 10.0 Å². The molecule has 29 heavy (non-hydrogen) atoms. The molecule has 158 valence electrons. The van der Waals surface area contributed by atoms with E-state index in [1.807, 2.05) is 11.0 Å². The van der Waals surface area contributed by atoms with Gasteiger partial charge < -0.3 is 4.90 Å². The fourth-order valence-electron chi connectivity index (χ4n) is 3.24. The number of halogens is 6. The van der Waals surface area contributed by atoms with Crippen LogP contribution >= 0.6 is 35.0 Å². The van der Waals surface area contributed by atoms with Crippen molar-refractivity contribution in [3.8, 4) is 0 Å². The van der Waals surface area contributed by atoms with Crippen molar-refractivity contribution in [3.05, 3.63) is 57.3 Å². The quantitative estimate of drug-likeness (QED) is 0.370. The molecule has 0 spiro atoms. The lowest BCUT2D eigenvalue weighted by atomic mass is 10.1. The number of benzene rings is 2. The molecule has 1 aliphatic rings. The van der Waals surface area contributed by atoms with Crippen molar-refractivity contribution in [2.24, 2.45) is 0 Å². The zero-order valence-electron chi connectivity index (χ0n) is 15.7. The van der Waals surface area contributed by atoms with Gasteiger partial charge in [0.15, 0.2) is 0 Å². The van der Waals surface area contributed by atoms with Gasteiger partial charge in [-0.05, 0) is 42.3 Å². The maximum absolute atomic E-state index is 14.5. The van der Waals surface area contributed by atoms with E-state index in [0.29, 0.717) is 70.7 Å². The van der Waals surface area contributed by atoms with Crippen LogP contribution in [0.1, 0.15) is 11.1 Å². The molecule has 9 heteroatoms. The summed E-state index contributed by atoms with van der Waals surface area (Å²) in [5, 5.41) is 1.19. The van der Waals surface area contributed by atoms with Crippen molar-refractivity contribution in [3.63, 3.8) is 0 Å². The van der Waals surface area contributed by atoms with Gasteiger partial charge in [0, 0.05) is 47.7 Å². The number of hydrogen-bond acceptors (Lipinski definition) is 3. The largest absolute Gasteiger partial charge is 0.398 e. The second-order valence-electron chi connectivity index (χ2n) is 6.97. The summed E-state index contributed by atoms with van der Waals surface area (Å²) in [6.07, 6.45) is -4.26. The maximum Gasteiger partial charge on any atom is 0.398 e. The molecule has 2 aromatic rings. The van der Waals surface area contributed by atoms with Crippen LogP contribution in [0.4, 0.5) is 23.2 Å². The number of thioether (sulfide) groups is 1. The Morgan fingerprint density at radius 3 is 2.34 bits per heavy atom. The van der Waals surface area contributed by atoms with Crippen molar-refractivity contribution in [1.29, 1.82) is 0 Å². The average molecular weight is 467 g/mol. The van der Waals surface area contributed by atoms with Gasteiger partial charge in [-0.15, -0.1) is 11.8 Å². The molecule has 0 N–H and O–H groups in total. The van der Waals surface area contributed by atoms with Crippen LogP contribution in [0.25, 0.3) is 0 Å². The highest BCUT2D eigenvalue weighted by molar-refractivity contribution is 7.99. The minimum absolute atomic E-state index is 0.351. The second-order valence-corrected chi connectivity index (χ2v) is 8.83. The topological polar surface area (TPSA) is 6.48 Å². The van der Waals surface area contributed by atoms with Gasteiger partial charge in [-0.25, -0.2) is 4.39 Å². The van der Waals surface area contributed by atoms with Crippen LogP contribution < -0.4 is 4.90 Å². The monoisotopic (exact) mass is 466 g/mol. The predicted octanol–water partition coefficient (Wildman–Crippen LogP) is 6.42. The number of aryl methyl sites for hydroxylation is 1. The molecule has 2 nitrogen and oxygen atoms in total. The Bertz CT molecular complexity index is 868. The fourth-order valence-corrected chi connectivity index (χ4v) is 4.51. The van der Waals surface area contributed by atoms with Gasteiger partial charge in [-0.3, -0.25) is 4.90 Å². The van der Waals surface area contributed by atoms with E-state index in [1.165, 1.54) is 12.1 Å². The summed E-state index contributed by atoms with van der Waals surface area (Å²) in [5.41, 5.74) is 1.83. The molecule has 0 aliphatic carbocycles. The van der Waals surface area contributed by atoms with Gasteiger partial charge in [0.2, 0.25) is 0 Å². The molecule has 1 saturated heterocycles. The van der Waals surface area contributed by atoms with Crippen LogP contribution in [-0.4, -0.2) is 43.0 Å². The number of rotatable bonds is 5. The summed E-state index contributed by atoms with van der Waals surface area (Å²) in [5.74, 6) is -1.40. The standard InChI is InChI=1S/C20H20Cl2F4N2S/c1-13-8-17(23)18(10-19(13)29-12-20(24,25)26)28-6-4-27(5-7-28)11-14-2-3-15(21)9-16(14)22/h2-3,8-10H,4-7,11-12H2,1H3. The first-order valence-corrected chi connectivity index (χ1v) is 10.8. The van der Waals surface area contributed by atoms with Gasteiger partial charge in [0.1, 0.15) is 5.82 Å². The first-order chi connectivity index (χ1) is 13.6. The molecular formula is C20H20Cl2F4N2S. The van der Waals surface area contributed by atoms with Gasteiger partial charge in [-0.2, -0.15) is 13.2 Å². The number of nitrogens with zero attached hydrogens (tertiary/aromatic N) is 2. The Morgan fingerprint density at radius 1 is 1.03 bits per heavy atom. The molecule has 0 aromatic heterocycles. The van der Waals surface area contributed by atoms with E-state index in [9.17, 15) is 17.6 Å². The zero-order valence-corrected chi connectivity index (χ0v) is 18.0. The predicted molar refractivity (Wildman–Crippen MR) is 112 cm³/mol. The highest BCUT2D eigenvalue weighted by Gasteiger charge is 2.28. The van der Waals surface area contributed by atoms with E-state index >= 15 is 0 Å². The van der Waals surface area contributed by atoms with E-state index in [2.05, 4.69) is 4.90 Å². The average Bonchev–Trinajstić information content (AvgIpc) is 2.63. The van der Waals surface area contributed by atoms with E-state index in [0.717, 1.165) is 5.56 Å². The van der Waals surface area contributed by atoms with Crippen molar-refractivity contribution in [1.82, 2.24) is 4.90 Å². The van der Waals surface area contributed by atoms with Gasteiger partial charge >= 0.3 is 6.18 Å². The highest BCUT2D eigenvalue weighted by atomic mass is 35.5. The molecule has 0 bridgehead atoms. The zero-order chi connectivity index (χ0) is 21.2. The Morgan fingerprint density at radius 2 is 1.72 bits per heavy atom.